The Bertz CT molecular complexity index is 470. The van der Waals surface area contributed by atoms with Gasteiger partial charge in [-0.2, -0.15) is 31.3 Å². The quantitative estimate of drug-likeness (QED) is 0.870. The van der Waals surface area contributed by atoms with Gasteiger partial charge >= 0.3 is 12.4 Å². The predicted molar refractivity (Wildman–Crippen MR) is 50.2 cm³/mol. The van der Waals surface area contributed by atoms with E-state index in [4.69, 9.17) is 0 Å². The van der Waals surface area contributed by atoms with E-state index in [2.05, 4.69) is 9.72 Å². The molecule has 1 aromatic heterocycles. The highest BCUT2D eigenvalue weighted by Gasteiger charge is 2.59. The van der Waals surface area contributed by atoms with E-state index in [1.807, 2.05) is 5.32 Å². The molecule has 0 atom stereocenters. The van der Waals surface area contributed by atoms with Gasteiger partial charge in [-0.3, -0.25) is 0 Å². The van der Waals surface area contributed by atoms with Gasteiger partial charge in [-0.1, -0.05) is 0 Å². The van der Waals surface area contributed by atoms with Gasteiger partial charge in [0.1, 0.15) is 0 Å². The van der Waals surface area contributed by atoms with Crippen LogP contribution in [-0.2, 0) is 0 Å². The number of nitrogens with zero attached hydrogens (tertiary/aromatic N) is 1. The Morgan fingerprint density at radius 2 is 1.55 bits per heavy atom. The van der Waals surface area contributed by atoms with Gasteiger partial charge in [-0.05, 0) is 0 Å². The van der Waals surface area contributed by atoms with E-state index in [9.17, 15) is 35.1 Å². The van der Waals surface area contributed by atoms with E-state index in [0.29, 0.717) is 0 Å². The molecule has 0 aliphatic heterocycles. The third kappa shape index (κ3) is 3.61. The largest absolute Gasteiger partial charge is 0.453 e. The van der Waals surface area contributed by atoms with Gasteiger partial charge in [-0.25, -0.2) is 8.78 Å². The molecule has 0 spiro atoms. The summed E-state index contributed by atoms with van der Waals surface area (Å²) in [5.74, 6) is -5.46. The first-order valence-corrected chi connectivity index (χ1v) is 4.80. The summed E-state index contributed by atoms with van der Waals surface area (Å²) in [5.41, 5.74) is 0. The molecule has 1 heterocycles. The Morgan fingerprint density at radius 1 is 1.05 bits per heavy atom. The highest BCUT2D eigenvalue weighted by atomic mass is 19.4. The molecule has 0 radical (unpaired) electrons. The molecule has 0 aliphatic rings. The molecule has 20 heavy (non-hydrogen) atoms. The van der Waals surface area contributed by atoms with Gasteiger partial charge in [-0.15, -0.1) is 0 Å². The molecular formula is C9H6F8N2O. The standard InChI is InChI=1S/C9H6F8N2O/c1-18-5-3(10)2-4(11)6(19-5)20-7(8(12,13)14)9(15,16)17/h2,7H,1H3,(H,18,19). The van der Waals surface area contributed by atoms with Gasteiger partial charge in [0.15, 0.2) is 17.5 Å². The Labute approximate surface area is 106 Å². The lowest BCUT2D eigenvalue weighted by molar-refractivity contribution is -0.300. The third-order valence-electron chi connectivity index (χ3n) is 1.96. The van der Waals surface area contributed by atoms with Crippen LogP contribution in [0.1, 0.15) is 0 Å². The van der Waals surface area contributed by atoms with Crippen LogP contribution >= 0.6 is 0 Å². The van der Waals surface area contributed by atoms with Gasteiger partial charge in [0, 0.05) is 13.1 Å². The molecule has 114 valence electrons. The van der Waals surface area contributed by atoms with Crippen molar-refractivity contribution in [2.45, 2.75) is 18.5 Å². The van der Waals surface area contributed by atoms with E-state index in [0.717, 1.165) is 7.05 Å². The summed E-state index contributed by atoms with van der Waals surface area (Å²) in [6.45, 7) is 0. The number of anilines is 1. The summed E-state index contributed by atoms with van der Waals surface area (Å²) < 4.78 is 103. The van der Waals surface area contributed by atoms with Crippen molar-refractivity contribution in [2.24, 2.45) is 0 Å². The normalized spacial score (nSPS) is 12.7. The maximum Gasteiger partial charge on any atom is 0.434 e. The topological polar surface area (TPSA) is 34.2 Å². The number of aromatic nitrogens is 1. The van der Waals surface area contributed by atoms with Crippen LogP contribution in [0.4, 0.5) is 40.9 Å². The van der Waals surface area contributed by atoms with Crippen LogP contribution in [0.25, 0.3) is 0 Å². The lowest BCUT2D eigenvalue weighted by atomic mass is 10.3. The molecule has 0 unspecified atom stereocenters. The number of pyridine rings is 1. The zero-order valence-corrected chi connectivity index (χ0v) is 9.53. The van der Waals surface area contributed by atoms with Crippen LogP contribution in [0.3, 0.4) is 0 Å². The first-order chi connectivity index (χ1) is 8.96. The number of ether oxygens (including phenoxy) is 1. The van der Waals surface area contributed by atoms with Crippen molar-refractivity contribution in [3.05, 3.63) is 17.7 Å². The van der Waals surface area contributed by atoms with Crippen molar-refractivity contribution < 1.29 is 39.9 Å². The second-order valence-corrected chi connectivity index (χ2v) is 3.44. The summed E-state index contributed by atoms with van der Waals surface area (Å²) in [6, 6.07) is 0.0535. The molecule has 1 rings (SSSR count). The van der Waals surface area contributed by atoms with E-state index in [1.165, 1.54) is 0 Å². The van der Waals surface area contributed by atoms with Gasteiger partial charge in [0.05, 0.1) is 0 Å². The SMILES string of the molecule is CNc1nc(OC(C(F)(F)F)C(F)(F)F)c(F)cc1F. The second kappa shape index (κ2) is 5.29. The molecule has 1 N–H and O–H groups in total. The van der Waals surface area contributed by atoms with E-state index in [1.54, 1.807) is 0 Å². The van der Waals surface area contributed by atoms with E-state index in [-0.39, 0.29) is 6.07 Å². The number of halogens is 8. The summed E-state index contributed by atoms with van der Waals surface area (Å²) in [5, 5.41) is 2.02. The smallest absolute Gasteiger partial charge is 0.434 e. The van der Waals surface area contributed by atoms with Crippen LogP contribution in [0.2, 0.25) is 0 Å². The summed E-state index contributed by atoms with van der Waals surface area (Å²) in [4.78, 5) is 2.87. The van der Waals surface area contributed by atoms with E-state index < -0.39 is 41.8 Å². The molecule has 0 amide bonds. The molecule has 0 aromatic carbocycles. The van der Waals surface area contributed by atoms with Gasteiger partial charge in [0.25, 0.3) is 12.0 Å². The molecule has 0 saturated heterocycles. The fraction of sp³-hybridized carbons (Fsp3) is 0.444. The zero-order valence-electron chi connectivity index (χ0n) is 9.53. The minimum Gasteiger partial charge on any atom is -0.453 e. The fourth-order valence-electron chi connectivity index (χ4n) is 1.14. The van der Waals surface area contributed by atoms with Crippen molar-refractivity contribution >= 4 is 5.82 Å². The van der Waals surface area contributed by atoms with Crippen molar-refractivity contribution in [3.8, 4) is 5.88 Å². The number of hydrogen-bond donors (Lipinski definition) is 1. The van der Waals surface area contributed by atoms with Crippen LogP contribution < -0.4 is 10.1 Å². The summed E-state index contributed by atoms with van der Waals surface area (Å²) in [6.07, 6.45) is -15.9. The predicted octanol–water partition coefficient (Wildman–Crippen LogP) is 3.27. The van der Waals surface area contributed by atoms with Crippen LogP contribution in [0.15, 0.2) is 6.07 Å². The molecule has 0 saturated carbocycles. The molecule has 0 bridgehead atoms. The number of nitrogens with one attached hydrogen (secondary N) is 1. The highest BCUT2D eigenvalue weighted by Crippen LogP contribution is 2.37. The summed E-state index contributed by atoms with van der Waals surface area (Å²) >= 11 is 0. The van der Waals surface area contributed by atoms with Crippen LogP contribution in [-0.4, -0.2) is 30.5 Å². The minimum atomic E-state index is -5.83. The second-order valence-electron chi connectivity index (χ2n) is 3.44. The van der Waals surface area contributed by atoms with Crippen molar-refractivity contribution in [1.29, 1.82) is 0 Å². The molecule has 3 nitrogen and oxygen atoms in total. The number of hydrogen-bond acceptors (Lipinski definition) is 3. The fourth-order valence-corrected chi connectivity index (χ4v) is 1.14. The van der Waals surface area contributed by atoms with E-state index >= 15 is 0 Å². The van der Waals surface area contributed by atoms with Crippen molar-refractivity contribution in [1.82, 2.24) is 4.98 Å². The Hall–Kier alpha value is -1.81. The Kier molecular flexibility index (Phi) is 4.30. The Balaban J connectivity index is 3.19. The first-order valence-electron chi connectivity index (χ1n) is 4.80. The zero-order chi connectivity index (χ0) is 15.7. The van der Waals surface area contributed by atoms with Crippen LogP contribution in [0.5, 0.6) is 5.88 Å². The lowest BCUT2D eigenvalue weighted by Gasteiger charge is -2.23. The average molecular weight is 310 g/mol. The first kappa shape index (κ1) is 16.2. The van der Waals surface area contributed by atoms with Gasteiger partial charge < -0.3 is 10.1 Å². The minimum absolute atomic E-state index is 0.0535. The van der Waals surface area contributed by atoms with Crippen LogP contribution in [0, 0.1) is 11.6 Å². The monoisotopic (exact) mass is 310 g/mol. The third-order valence-corrected chi connectivity index (χ3v) is 1.96. The summed E-state index contributed by atoms with van der Waals surface area (Å²) in [7, 11) is 1.08. The Morgan fingerprint density at radius 3 is 1.95 bits per heavy atom. The highest BCUT2D eigenvalue weighted by molar-refractivity contribution is 5.39. The molecule has 11 heteroatoms. The average Bonchev–Trinajstić information content (AvgIpc) is 2.24. The maximum absolute atomic E-state index is 13.1. The molecule has 0 aliphatic carbocycles. The molecule has 0 fully saturated rings. The molecular weight excluding hydrogens is 304 g/mol. The van der Waals surface area contributed by atoms with Crippen molar-refractivity contribution in [2.75, 3.05) is 12.4 Å². The molecule has 1 aromatic rings. The number of alkyl halides is 6. The maximum atomic E-state index is 13.1. The lowest BCUT2D eigenvalue weighted by Crippen LogP contribution is -2.46. The number of rotatable bonds is 3. The van der Waals surface area contributed by atoms with Crippen molar-refractivity contribution in [3.63, 3.8) is 0 Å². The van der Waals surface area contributed by atoms with Gasteiger partial charge in [0.2, 0.25) is 0 Å².